The number of hydrogen-bond acceptors (Lipinski definition) is 2. The van der Waals surface area contributed by atoms with E-state index >= 15 is 0 Å². The zero-order valence-electron chi connectivity index (χ0n) is 9.72. The van der Waals surface area contributed by atoms with Crippen molar-refractivity contribution in [1.29, 1.82) is 0 Å². The van der Waals surface area contributed by atoms with Gasteiger partial charge in [-0.1, -0.05) is 13.8 Å². The molecule has 2 heteroatoms. The summed E-state index contributed by atoms with van der Waals surface area (Å²) in [4.78, 5) is 2.55. The molecule has 1 aliphatic heterocycles. The summed E-state index contributed by atoms with van der Waals surface area (Å²) < 4.78 is 0. The Balaban J connectivity index is 2.46. The molecule has 1 fully saturated rings. The minimum atomic E-state index is 0.346. The van der Waals surface area contributed by atoms with Crippen LogP contribution in [0.2, 0.25) is 0 Å². The summed E-state index contributed by atoms with van der Waals surface area (Å²) in [6, 6.07) is 1.29. The Morgan fingerprint density at radius 3 is 2.23 bits per heavy atom. The van der Waals surface area contributed by atoms with Crippen LogP contribution in [0.3, 0.4) is 0 Å². The average molecular weight is 184 g/mol. The number of nitrogens with zero attached hydrogens (tertiary/aromatic N) is 1. The van der Waals surface area contributed by atoms with Crippen LogP contribution >= 0.6 is 0 Å². The minimum absolute atomic E-state index is 0.346. The van der Waals surface area contributed by atoms with Gasteiger partial charge in [-0.05, 0) is 27.2 Å². The van der Waals surface area contributed by atoms with Gasteiger partial charge in [-0.15, -0.1) is 0 Å². The van der Waals surface area contributed by atoms with Gasteiger partial charge >= 0.3 is 0 Å². The van der Waals surface area contributed by atoms with Crippen LogP contribution in [-0.4, -0.2) is 35.6 Å². The van der Waals surface area contributed by atoms with Crippen LogP contribution in [-0.2, 0) is 0 Å². The first kappa shape index (κ1) is 11.0. The highest BCUT2D eigenvalue weighted by Crippen LogP contribution is 2.22. The van der Waals surface area contributed by atoms with Crippen LogP contribution in [0.25, 0.3) is 0 Å². The summed E-state index contributed by atoms with van der Waals surface area (Å²) in [5.74, 6) is 0. The molecule has 0 spiro atoms. The van der Waals surface area contributed by atoms with E-state index < -0.39 is 0 Å². The molecule has 1 atom stereocenters. The summed E-state index contributed by atoms with van der Waals surface area (Å²) in [5, 5.41) is 3.66. The van der Waals surface area contributed by atoms with Gasteiger partial charge < -0.3 is 5.32 Å². The number of rotatable bonds is 3. The van der Waals surface area contributed by atoms with E-state index in [1.807, 2.05) is 0 Å². The van der Waals surface area contributed by atoms with E-state index in [1.165, 1.54) is 19.5 Å². The number of nitrogens with one attached hydrogen (secondary N) is 1. The van der Waals surface area contributed by atoms with E-state index in [1.54, 1.807) is 0 Å². The Bertz CT molecular complexity index is 165. The molecule has 0 aromatic rings. The van der Waals surface area contributed by atoms with Crippen molar-refractivity contribution < 1.29 is 0 Å². The summed E-state index contributed by atoms with van der Waals surface area (Å²) >= 11 is 0. The Labute approximate surface area is 82.7 Å². The molecule has 0 aliphatic carbocycles. The second kappa shape index (κ2) is 3.97. The normalized spacial score (nSPS) is 30.7. The Kier molecular flexibility index (Phi) is 3.36. The van der Waals surface area contributed by atoms with Crippen molar-refractivity contribution in [3.63, 3.8) is 0 Å². The van der Waals surface area contributed by atoms with Gasteiger partial charge in [0.2, 0.25) is 0 Å². The quantitative estimate of drug-likeness (QED) is 0.720. The third-order valence-corrected chi connectivity index (χ3v) is 2.87. The highest BCUT2D eigenvalue weighted by molar-refractivity contribution is 4.95. The van der Waals surface area contributed by atoms with Gasteiger partial charge in [-0.2, -0.15) is 0 Å². The molecule has 78 valence electrons. The molecule has 1 saturated heterocycles. The van der Waals surface area contributed by atoms with Crippen molar-refractivity contribution in [2.24, 2.45) is 0 Å². The topological polar surface area (TPSA) is 15.3 Å². The van der Waals surface area contributed by atoms with Crippen molar-refractivity contribution >= 4 is 0 Å². The fourth-order valence-electron chi connectivity index (χ4n) is 2.25. The number of likely N-dealkylation sites (tertiary alicyclic amines) is 1. The van der Waals surface area contributed by atoms with Crippen LogP contribution in [0.4, 0.5) is 0 Å². The third-order valence-electron chi connectivity index (χ3n) is 2.87. The van der Waals surface area contributed by atoms with Crippen molar-refractivity contribution in [3.05, 3.63) is 0 Å². The lowest BCUT2D eigenvalue weighted by molar-refractivity contribution is 0.241. The SMILES string of the molecule is CC(C)N[C@@]1(C)CCN(C(C)C)C1. The van der Waals surface area contributed by atoms with Crippen molar-refractivity contribution in [2.75, 3.05) is 13.1 Å². The molecule has 2 nitrogen and oxygen atoms in total. The molecule has 0 aromatic heterocycles. The van der Waals surface area contributed by atoms with Gasteiger partial charge in [-0.3, -0.25) is 4.90 Å². The van der Waals surface area contributed by atoms with Gasteiger partial charge in [0, 0.05) is 30.7 Å². The van der Waals surface area contributed by atoms with Gasteiger partial charge in [0.25, 0.3) is 0 Å². The van der Waals surface area contributed by atoms with Crippen molar-refractivity contribution in [1.82, 2.24) is 10.2 Å². The molecule has 0 amide bonds. The third kappa shape index (κ3) is 2.96. The average Bonchev–Trinajstić information content (AvgIpc) is 2.29. The van der Waals surface area contributed by atoms with E-state index in [-0.39, 0.29) is 0 Å². The molecular formula is C11H24N2. The summed E-state index contributed by atoms with van der Waals surface area (Å²) in [5.41, 5.74) is 0.346. The smallest absolute Gasteiger partial charge is 0.0294 e. The van der Waals surface area contributed by atoms with Gasteiger partial charge in [0.05, 0.1) is 0 Å². The van der Waals surface area contributed by atoms with E-state index in [0.29, 0.717) is 17.6 Å². The van der Waals surface area contributed by atoms with Gasteiger partial charge in [0.1, 0.15) is 0 Å². The largest absolute Gasteiger partial charge is 0.308 e. The van der Waals surface area contributed by atoms with Crippen LogP contribution in [0.15, 0.2) is 0 Å². The first-order valence-electron chi connectivity index (χ1n) is 5.45. The molecule has 0 saturated carbocycles. The Morgan fingerprint density at radius 1 is 1.23 bits per heavy atom. The molecule has 1 heterocycles. The van der Waals surface area contributed by atoms with E-state index in [9.17, 15) is 0 Å². The number of hydrogen-bond donors (Lipinski definition) is 1. The maximum absolute atomic E-state index is 3.66. The lowest BCUT2D eigenvalue weighted by Crippen LogP contribution is -2.48. The first-order chi connectivity index (χ1) is 5.93. The lowest BCUT2D eigenvalue weighted by Gasteiger charge is -2.29. The monoisotopic (exact) mass is 184 g/mol. The van der Waals surface area contributed by atoms with Crippen molar-refractivity contribution in [3.8, 4) is 0 Å². The molecule has 0 aromatic carbocycles. The Morgan fingerprint density at radius 2 is 1.85 bits per heavy atom. The predicted octanol–water partition coefficient (Wildman–Crippen LogP) is 1.86. The van der Waals surface area contributed by atoms with Crippen molar-refractivity contribution in [2.45, 2.75) is 58.7 Å². The predicted molar refractivity (Wildman–Crippen MR) is 58.0 cm³/mol. The molecule has 1 aliphatic rings. The van der Waals surface area contributed by atoms with E-state index in [0.717, 1.165) is 0 Å². The molecule has 0 unspecified atom stereocenters. The van der Waals surface area contributed by atoms with Crippen LogP contribution in [0, 0.1) is 0 Å². The second-order valence-corrected chi connectivity index (χ2v) is 5.17. The molecule has 0 radical (unpaired) electrons. The molecule has 0 bridgehead atoms. The zero-order valence-corrected chi connectivity index (χ0v) is 9.72. The molecule has 1 N–H and O–H groups in total. The van der Waals surface area contributed by atoms with Gasteiger partial charge in [0.15, 0.2) is 0 Å². The van der Waals surface area contributed by atoms with E-state index in [2.05, 4.69) is 44.8 Å². The van der Waals surface area contributed by atoms with Gasteiger partial charge in [-0.25, -0.2) is 0 Å². The fraction of sp³-hybridized carbons (Fsp3) is 1.00. The summed E-state index contributed by atoms with van der Waals surface area (Å²) in [6.07, 6.45) is 1.28. The fourth-order valence-corrected chi connectivity index (χ4v) is 2.25. The molecule has 13 heavy (non-hydrogen) atoms. The van der Waals surface area contributed by atoms with Crippen LogP contribution < -0.4 is 5.32 Å². The lowest BCUT2D eigenvalue weighted by atomic mass is 10.0. The highest BCUT2D eigenvalue weighted by Gasteiger charge is 2.34. The minimum Gasteiger partial charge on any atom is -0.308 e. The Hall–Kier alpha value is -0.0800. The standard InChI is InChI=1S/C11H24N2/c1-9(2)12-11(5)6-7-13(8-11)10(3)4/h9-10,12H,6-8H2,1-5H3/t11-/m0/s1. The molecular weight excluding hydrogens is 160 g/mol. The second-order valence-electron chi connectivity index (χ2n) is 5.17. The summed E-state index contributed by atoms with van der Waals surface area (Å²) in [7, 11) is 0. The maximum atomic E-state index is 3.66. The summed E-state index contributed by atoms with van der Waals surface area (Å²) in [6.45, 7) is 13.8. The zero-order chi connectivity index (χ0) is 10.1. The van der Waals surface area contributed by atoms with Crippen LogP contribution in [0.1, 0.15) is 41.0 Å². The maximum Gasteiger partial charge on any atom is 0.0294 e. The molecule has 1 rings (SSSR count). The van der Waals surface area contributed by atoms with E-state index in [4.69, 9.17) is 0 Å². The van der Waals surface area contributed by atoms with Crippen LogP contribution in [0.5, 0.6) is 0 Å². The first-order valence-corrected chi connectivity index (χ1v) is 5.45. The highest BCUT2D eigenvalue weighted by atomic mass is 15.2.